The van der Waals surface area contributed by atoms with Crippen LogP contribution in [0.15, 0.2) is 204 Å². The smallest absolute Gasteiger partial charge is 0.0548 e. The van der Waals surface area contributed by atoms with E-state index in [1.54, 1.807) is 0 Å². The molecule has 0 fully saturated rings. The van der Waals surface area contributed by atoms with E-state index in [0.717, 1.165) is 5.69 Å². The lowest BCUT2D eigenvalue weighted by molar-refractivity contribution is 1.18. The summed E-state index contributed by atoms with van der Waals surface area (Å²) in [6, 6.07) is 70.4. The van der Waals surface area contributed by atoms with Gasteiger partial charge in [0.25, 0.3) is 0 Å². The lowest BCUT2D eigenvalue weighted by Crippen LogP contribution is -1.94. The number of fused-ring (bicyclic) bond motifs is 3. The van der Waals surface area contributed by atoms with Crippen molar-refractivity contribution in [1.29, 1.82) is 0 Å². The molecule has 0 aliphatic carbocycles. The highest BCUT2D eigenvalue weighted by Gasteiger charge is 2.19. The molecule has 1 aromatic heterocycles. The largest absolute Gasteiger partial charge is 0.309 e. The zero-order valence-electron chi connectivity index (χ0n) is 28.3. The van der Waals surface area contributed by atoms with Crippen molar-refractivity contribution in [3.05, 3.63) is 200 Å². The highest BCUT2D eigenvalue weighted by atomic mass is 32.2. The van der Waals surface area contributed by atoms with Crippen LogP contribution in [-0.2, 0) is 0 Å². The van der Waals surface area contributed by atoms with Crippen LogP contribution in [0.25, 0.3) is 72.0 Å². The minimum Gasteiger partial charge on any atom is -0.309 e. The van der Waals surface area contributed by atoms with E-state index in [9.17, 15) is 0 Å². The van der Waals surface area contributed by atoms with Gasteiger partial charge in [-0.15, -0.1) is 0 Å². The first-order valence-corrected chi connectivity index (χ1v) is 18.2. The van der Waals surface area contributed by atoms with Crippen molar-refractivity contribution in [2.45, 2.75) is 16.7 Å². The second-order valence-corrected chi connectivity index (χ2v) is 14.1. The van der Waals surface area contributed by atoms with Gasteiger partial charge in [-0.1, -0.05) is 169 Å². The van der Waals surface area contributed by atoms with E-state index in [1.165, 1.54) is 81.7 Å². The summed E-state index contributed by atoms with van der Waals surface area (Å²) in [4.78, 5) is 2.51. The molecule has 51 heavy (non-hydrogen) atoms. The molecule has 8 aromatic carbocycles. The minimum atomic E-state index is 1.15. The first-order valence-electron chi connectivity index (χ1n) is 17.4. The molecule has 0 N–H and O–H groups in total. The summed E-state index contributed by atoms with van der Waals surface area (Å²) in [5, 5.41) is 2.50. The summed E-state index contributed by atoms with van der Waals surface area (Å²) in [6.07, 6.45) is 0. The molecule has 0 atom stereocenters. The van der Waals surface area contributed by atoms with E-state index in [0.29, 0.717) is 0 Å². The molecule has 0 amide bonds. The first kappa shape index (κ1) is 30.9. The Kier molecular flexibility index (Phi) is 8.08. The Balaban J connectivity index is 1.21. The third-order valence-corrected chi connectivity index (χ3v) is 11.0. The summed E-state index contributed by atoms with van der Waals surface area (Å²) in [5.74, 6) is 0. The number of benzene rings is 8. The van der Waals surface area contributed by atoms with Crippen LogP contribution in [0.2, 0.25) is 0 Å². The van der Waals surface area contributed by atoms with Crippen LogP contribution in [0.1, 0.15) is 5.56 Å². The normalized spacial score (nSPS) is 11.3. The van der Waals surface area contributed by atoms with Crippen LogP contribution < -0.4 is 0 Å². The molecular formula is C49H35NS. The van der Waals surface area contributed by atoms with Crippen LogP contribution in [0.3, 0.4) is 0 Å². The maximum atomic E-state index is 2.44. The van der Waals surface area contributed by atoms with Gasteiger partial charge in [-0.3, -0.25) is 0 Å². The molecule has 0 aliphatic rings. The fourth-order valence-corrected chi connectivity index (χ4v) is 8.24. The number of nitrogens with zero attached hydrogens (tertiary/aromatic N) is 1. The molecule has 242 valence electrons. The average molecular weight is 670 g/mol. The van der Waals surface area contributed by atoms with Gasteiger partial charge in [0.15, 0.2) is 0 Å². The Bertz CT molecular complexity index is 2620. The highest BCUT2D eigenvalue weighted by Crippen LogP contribution is 2.44. The molecule has 0 spiro atoms. The fraction of sp³-hybridized carbons (Fsp3) is 0.0204. The highest BCUT2D eigenvalue weighted by molar-refractivity contribution is 7.99. The molecule has 9 aromatic rings. The zero-order valence-corrected chi connectivity index (χ0v) is 29.1. The van der Waals surface area contributed by atoms with Crippen LogP contribution in [0, 0.1) is 6.92 Å². The van der Waals surface area contributed by atoms with Crippen molar-refractivity contribution in [2.24, 2.45) is 0 Å². The van der Waals surface area contributed by atoms with E-state index in [1.807, 2.05) is 11.8 Å². The Hall–Kier alpha value is -6.09. The molecule has 1 heterocycles. The number of rotatable bonds is 7. The van der Waals surface area contributed by atoms with Gasteiger partial charge in [-0.25, -0.2) is 0 Å². The Morgan fingerprint density at radius 1 is 0.353 bits per heavy atom. The van der Waals surface area contributed by atoms with E-state index in [2.05, 4.69) is 206 Å². The molecule has 0 aliphatic heterocycles. The van der Waals surface area contributed by atoms with Gasteiger partial charge >= 0.3 is 0 Å². The summed E-state index contributed by atoms with van der Waals surface area (Å²) < 4.78 is 2.44. The number of para-hydroxylation sites is 1. The van der Waals surface area contributed by atoms with E-state index in [-0.39, 0.29) is 0 Å². The van der Waals surface area contributed by atoms with Crippen molar-refractivity contribution in [3.63, 3.8) is 0 Å². The standard InChI is InChI=1S/C49H35NS/c1-34-30-40(36-16-8-3-9-17-36)27-29-48(34)51-49-33-45-43-28-26-41(38-24-22-37(23-25-38)35-14-6-2-7-15-35)31-46(43)50(42-20-12-5-13-21-42)47(45)32-44(49)39-18-10-4-11-19-39/h2-33H,1H3. The van der Waals surface area contributed by atoms with Gasteiger partial charge in [0.1, 0.15) is 0 Å². The van der Waals surface area contributed by atoms with Crippen LogP contribution in [0.5, 0.6) is 0 Å². The lowest BCUT2D eigenvalue weighted by Gasteiger charge is -2.14. The molecule has 0 bridgehead atoms. The third kappa shape index (κ3) is 5.94. The second-order valence-electron chi connectivity index (χ2n) is 13.0. The Morgan fingerprint density at radius 2 is 0.824 bits per heavy atom. The molecule has 0 unspecified atom stereocenters. The van der Waals surface area contributed by atoms with Gasteiger partial charge < -0.3 is 4.57 Å². The molecule has 0 saturated heterocycles. The maximum Gasteiger partial charge on any atom is 0.0548 e. The number of hydrogen-bond acceptors (Lipinski definition) is 1. The van der Waals surface area contributed by atoms with Crippen molar-refractivity contribution in [3.8, 4) is 50.2 Å². The summed E-state index contributed by atoms with van der Waals surface area (Å²) in [5.41, 5.74) is 14.6. The topological polar surface area (TPSA) is 4.93 Å². The van der Waals surface area contributed by atoms with Crippen molar-refractivity contribution in [2.75, 3.05) is 0 Å². The predicted octanol–water partition coefficient (Wildman–Crippen LogP) is 13.9. The zero-order chi connectivity index (χ0) is 34.1. The predicted molar refractivity (Wildman–Crippen MR) is 218 cm³/mol. The van der Waals surface area contributed by atoms with Crippen molar-refractivity contribution >= 4 is 33.6 Å². The van der Waals surface area contributed by atoms with Crippen molar-refractivity contribution in [1.82, 2.24) is 4.57 Å². The van der Waals surface area contributed by atoms with Crippen LogP contribution >= 0.6 is 11.8 Å². The molecule has 0 saturated carbocycles. The molecule has 0 radical (unpaired) electrons. The Morgan fingerprint density at radius 3 is 1.45 bits per heavy atom. The van der Waals surface area contributed by atoms with Gasteiger partial charge in [0, 0.05) is 26.3 Å². The van der Waals surface area contributed by atoms with E-state index >= 15 is 0 Å². The van der Waals surface area contributed by atoms with Crippen LogP contribution in [0.4, 0.5) is 0 Å². The molecular weight excluding hydrogens is 635 g/mol. The quantitative estimate of drug-likeness (QED) is 0.163. The summed E-state index contributed by atoms with van der Waals surface area (Å²) >= 11 is 1.86. The van der Waals surface area contributed by atoms with Crippen LogP contribution in [-0.4, -0.2) is 4.57 Å². The number of hydrogen-bond donors (Lipinski definition) is 0. The first-order chi connectivity index (χ1) is 25.2. The second kappa shape index (κ2) is 13.3. The molecule has 1 nitrogen and oxygen atoms in total. The third-order valence-electron chi connectivity index (χ3n) is 9.79. The lowest BCUT2D eigenvalue weighted by atomic mass is 9.99. The van der Waals surface area contributed by atoms with Gasteiger partial charge in [0.2, 0.25) is 0 Å². The maximum absolute atomic E-state index is 2.44. The fourth-order valence-electron chi connectivity index (χ4n) is 7.18. The molecule has 2 heteroatoms. The Labute approximate surface area is 303 Å². The van der Waals surface area contributed by atoms with E-state index < -0.39 is 0 Å². The summed E-state index contributed by atoms with van der Waals surface area (Å²) in [6.45, 7) is 2.23. The SMILES string of the molecule is Cc1cc(-c2ccccc2)ccc1Sc1cc2c3ccc(-c4ccc(-c5ccccc5)cc4)cc3n(-c3ccccc3)c2cc1-c1ccccc1. The van der Waals surface area contributed by atoms with Crippen molar-refractivity contribution < 1.29 is 0 Å². The monoisotopic (exact) mass is 669 g/mol. The van der Waals surface area contributed by atoms with Gasteiger partial charge in [-0.2, -0.15) is 0 Å². The van der Waals surface area contributed by atoms with Gasteiger partial charge in [0.05, 0.1) is 11.0 Å². The molecule has 9 rings (SSSR count). The van der Waals surface area contributed by atoms with Gasteiger partial charge in [-0.05, 0) is 93.4 Å². The number of aromatic nitrogens is 1. The average Bonchev–Trinajstić information content (AvgIpc) is 3.52. The summed E-state index contributed by atoms with van der Waals surface area (Å²) in [7, 11) is 0. The minimum absolute atomic E-state index is 1.15. The number of aryl methyl sites for hydroxylation is 1. The van der Waals surface area contributed by atoms with E-state index in [4.69, 9.17) is 0 Å².